The standard InChI is InChI=1S/C16H28N2O2S/c1-5-10-18-15(11-13(2)3)12-14-6-8-16(9-7-14)21(19,20)17-4/h6-9,13,15,17-18H,5,10-12H2,1-4H3. The van der Waals surface area contributed by atoms with E-state index in [2.05, 4.69) is 30.8 Å². The number of benzene rings is 1. The maximum absolute atomic E-state index is 11.7. The molecule has 5 heteroatoms. The summed E-state index contributed by atoms with van der Waals surface area (Å²) in [5.41, 5.74) is 1.17. The van der Waals surface area contributed by atoms with E-state index < -0.39 is 10.0 Å². The van der Waals surface area contributed by atoms with Gasteiger partial charge in [0, 0.05) is 6.04 Å². The molecule has 0 bridgehead atoms. The zero-order valence-corrected chi connectivity index (χ0v) is 14.3. The summed E-state index contributed by atoms with van der Waals surface area (Å²) in [6.45, 7) is 7.63. The van der Waals surface area contributed by atoms with Crippen LogP contribution in [-0.4, -0.2) is 28.1 Å². The van der Waals surface area contributed by atoms with Gasteiger partial charge in [0.25, 0.3) is 0 Å². The molecule has 0 aliphatic carbocycles. The van der Waals surface area contributed by atoms with Crippen LogP contribution in [0.5, 0.6) is 0 Å². The van der Waals surface area contributed by atoms with Crippen molar-refractivity contribution in [2.24, 2.45) is 5.92 Å². The average Bonchev–Trinajstić information content (AvgIpc) is 2.44. The molecule has 0 aliphatic rings. The number of hydrogen-bond donors (Lipinski definition) is 2. The van der Waals surface area contributed by atoms with Gasteiger partial charge < -0.3 is 5.32 Å². The molecule has 0 saturated carbocycles. The van der Waals surface area contributed by atoms with E-state index in [-0.39, 0.29) is 0 Å². The lowest BCUT2D eigenvalue weighted by atomic mass is 9.97. The second kappa shape index (κ2) is 8.51. The van der Waals surface area contributed by atoms with Gasteiger partial charge >= 0.3 is 0 Å². The van der Waals surface area contributed by atoms with Gasteiger partial charge in [0.15, 0.2) is 0 Å². The van der Waals surface area contributed by atoms with Crippen molar-refractivity contribution in [2.45, 2.75) is 51.0 Å². The summed E-state index contributed by atoms with van der Waals surface area (Å²) in [7, 11) is -1.92. The van der Waals surface area contributed by atoms with Crippen molar-refractivity contribution in [1.29, 1.82) is 0 Å². The fourth-order valence-corrected chi connectivity index (χ4v) is 3.09. The Labute approximate surface area is 129 Å². The number of hydrogen-bond acceptors (Lipinski definition) is 3. The van der Waals surface area contributed by atoms with E-state index >= 15 is 0 Å². The molecule has 1 aromatic carbocycles. The summed E-state index contributed by atoms with van der Waals surface area (Å²) >= 11 is 0. The third-order valence-electron chi connectivity index (χ3n) is 3.42. The van der Waals surface area contributed by atoms with Crippen molar-refractivity contribution in [1.82, 2.24) is 10.0 Å². The number of nitrogens with one attached hydrogen (secondary N) is 2. The minimum absolute atomic E-state index is 0.315. The Morgan fingerprint density at radius 3 is 2.24 bits per heavy atom. The summed E-state index contributed by atoms with van der Waals surface area (Å²) in [6, 6.07) is 7.61. The third kappa shape index (κ3) is 6.16. The summed E-state index contributed by atoms with van der Waals surface area (Å²) in [4.78, 5) is 0.315. The SMILES string of the molecule is CCCNC(Cc1ccc(S(=O)(=O)NC)cc1)CC(C)C. The van der Waals surface area contributed by atoms with Gasteiger partial charge in [-0.2, -0.15) is 0 Å². The Kier molecular flexibility index (Phi) is 7.35. The molecule has 0 aliphatic heterocycles. The van der Waals surface area contributed by atoms with Crippen LogP contribution in [0.1, 0.15) is 39.2 Å². The van der Waals surface area contributed by atoms with Gasteiger partial charge in [-0.05, 0) is 56.5 Å². The first kappa shape index (κ1) is 18.1. The molecule has 1 rings (SSSR count). The van der Waals surface area contributed by atoms with Gasteiger partial charge in [0.1, 0.15) is 0 Å². The van der Waals surface area contributed by atoms with Crippen LogP contribution < -0.4 is 10.0 Å². The average molecular weight is 312 g/mol. The monoisotopic (exact) mass is 312 g/mol. The first-order chi connectivity index (χ1) is 9.89. The fraction of sp³-hybridized carbons (Fsp3) is 0.625. The molecule has 21 heavy (non-hydrogen) atoms. The molecule has 120 valence electrons. The van der Waals surface area contributed by atoms with Crippen LogP contribution in [0.4, 0.5) is 0 Å². The highest BCUT2D eigenvalue weighted by Gasteiger charge is 2.13. The van der Waals surface area contributed by atoms with Gasteiger partial charge in [-0.1, -0.05) is 32.9 Å². The zero-order chi connectivity index (χ0) is 15.9. The predicted molar refractivity (Wildman–Crippen MR) is 87.9 cm³/mol. The maximum atomic E-state index is 11.7. The van der Waals surface area contributed by atoms with Gasteiger partial charge in [-0.3, -0.25) is 0 Å². The molecule has 1 atom stereocenters. The van der Waals surface area contributed by atoms with Crippen LogP contribution in [0.2, 0.25) is 0 Å². The first-order valence-electron chi connectivity index (χ1n) is 7.65. The molecule has 0 heterocycles. The van der Waals surface area contributed by atoms with Crippen LogP contribution in [0.25, 0.3) is 0 Å². The summed E-state index contributed by atoms with van der Waals surface area (Å²) in [5.74, 6) is 0.642. The van der Waals surface area contributed by atoms with Crippen LogP contribution in [0.15, 0.2) is 29.2 Å². The van der Waals surface area contributed by atoms with E-state index in [1.807, 2.05) is 12.1 Å². The lowest BCUT2D eigenvalue weighted by Gasteiger charge is -2.20. The molecular weight excluding hydrogens is 284 g/mol. The molecular formula is C16H28N2O2S. The minimum Gasteiger partial charge on any atom is -0.314 e. The Balaban J connectivity index is 2.75. The van der Waals surface area contributed by atoms with E-state index in [1.54, 1.807) is 12.1 Å². The highest BCUT2D eigenvalue weighted by atomic mass is 32.2. The number of sulfonamides is 1. The molecule has 0 spiro atoms. The summed E-state index contributed by atoms with van der Waals surface area (Å²) in [6.07, 6.45) is 3.17. The Hall–Kier alpha value is -0.910. The second-order valence-corrected chi connectivity index (χ2v) is 7.72. The summed E-state index contributed by atoms with van der Waals surface area (Å²) in [5, 5.41) is 3.57. The van der Waals surface area contributed by atoms with E-state index in [4.69, 9.17) is 0 Å². The smallest absolute Gasteiger partial charge is 0.240 e. The zero-order valence-electron chi connectivity index (χ0n) is 13.5. The molecule has 4 nitrogen and oxygen atoms in total. The third-order valence-corrected chi connectivity index (χ3v) is 4.85. The van der Waals surface area contributed by atoms with E-state index in [0.717, 1.165) is 25.8 Å². The molecule has 1 unspecified atom stereocenters. The highest BCUT2D eigenvalue weighted by molar-refractivity contribution is 7.89. The molecule has 0 amide bonds. The maximum Gasteiger partial charge on any atom is 0.240 e. The summed E-state index contributed by atoms with van der Waals surface area (Å²) < 4.78 is 25.7. The van der Waals surface area contributed by atoms with E-state index in [9.17, 15) is 8.42 Å². The van der Waals surface area contributed by atoms with Crippen molar-refractivity contribution in [3.8, 4) is 0 Å². The van der Waals surface area contributed by atoms with Gasteiger partial charge in [-0.15, -0.1) is 0 Å². The van der Waals surface area contributed by atoms with Gasteiger partial charge in [-0.25, -0.2) is 13.1 Å². The quantitative estimate of drug-likeness (QED) is 0.737. The molecule has 0 radical (unpaired) electrons. The lowest BCUT2D eigenvalue weighted by molar-refractivity contribution is 0.416. The number of rotatable bonds is 9. The highest BCUT2D eigenvalue weighted by Crippen LogP contribution is 2.14. The molecule has 1 aromatic rings. The minimum atomic E-state index is -3.34. The fourth-order valence-electron chi connectivity index (χ4n) is 2.36. The normalized spacial score (nSPS) is 13.6. The molecule has 0 aromatic heterocycles. The van der Waals surface area contributed by atoms with Crippen molar-refractivity contribution >= 4 is 10.0 Å². The van der Waals surface area contributed by atoms with E-state index in [0.29, 0.717) is 16.9 Å². The van der Waals surface area contributed by atoms with Crippen LogP contribution >= 0.6 is 0 Å². The topological polar surface area (TPSA) is 58.2 Å². The van der Waals surface area contributed by atoms with E-state index in [1.165, 1.54) is 12.6 Å². The second-order valence-electron chi connectivity index (χ2n) is 5.84. The van der Waals surface area contributed by atoms with Crippen LogP contribution in [-0.2, 0) is 16.4 Å². The van der Waals surface area contributed by atoms with Crippen molar-refractivity contribution in [3.05, 3.63) is 29.8 Å². The predicted octanol–water partition coefficient (Wildman–Crippen LogP) is 2.55. The van der Waals surface area contributed by atoms with Crippen molar-refractivity contribution in [2.75, 3.05) is 13.6 Å². The van der Waals surface area contributed by atoms with Crippen molar-refractivity contribution in [3.63, 3.8) is 0 Å². The molecule has 2 N–H and O–H groups in total. The Morgan fingerprint density at radius 1 is 1.14 bits per heavy atom. The largest absolute Gasteiger partial charge is 0.314 e. The van der Waals surface area contributed by atoms with Gasteiger partial charge in [0.2, 0.25) is 10.0 Å². The molecule has 0 fully saturated rings. The van der Waals surface area contributed by atoms with Gasteiger partial charge in [0.05, 0.1) is 4.90 Å². The van der Waals surface area contributed by atoms with Crippen LogP contribution in [0, 0.1) is 5.92 Å². The molecule has 0 saturated heterocycles. The Bertz CT molecular complexity index is 510. The first-order valence-corrected chi connectivity index (χ1v) is 9.13. The Morgan fingerprint density at radius 2 is 1.76 bits per heavy atom. The lowest BCUT2D eigenvalue weighted by Crippen LogP contribution is -2.33. The van der Waals surface area contributed by atoms with Crippen LogP contribution in [0.3, 0.4) is 0 Å². The van der Waals surface area contributed by atoms with Crippen molar-refractivity contribution < 1.29 is 8.42 Å².